The summed E-state index contributed by atoms with van der Waals surface area (Å²) in [6, 6.07) is 0.311. The van der Waals surface area contributed by atoms with E-state index < -0.39 is 0 Å². The van der Waals surface area contributed by atoms with E-state index in [2.05, 4.69) is 16.7 Å². The first-order valence-electron chi connectivity index (χ1n) is 6.99. The van der Waals surface area contributed by atoms with Crippen LogP contribution >= 0.6 is 0 Å². The lowest BCUT2D eigenvalue weighted by molar-refractivity contribution is -0.151. The fourth-order valence-electron chi connectivity index (χ4n) is 2.89. The predicted molar refractivity (Wildman–Crippen MR) is 69.5 cm³/mol. The fraction of sp³-hybridized carbons (Fsp3) is 1.00. The smallest absolute Gasteiger partial charge is 0.0586 e. The molecule has 2 aliphatic heterocycles. The van der Waals surface area contributed by atoms with E-state index in [0.29, 0.717) is 19.3 Å². The summed E-state index contributed by atoms with van der Waals surface area (Å²) >= 11 is 0. The molecule has 0 aromatic heterocycles. The summed E-state index contributed by atoms with van der Waals surface area (Å²) in [6.07, 6.45) is 1.00. The average Bonchev–Trinajstić information content (AvgIpc) is 2.37. The topological polar surface area (TPSA) is 56.2 Å². The van der Waals surface area contributed by atoms with Crippen molar-refractivity contribution in [1.29, 1.82) is 0 Å². The van der Waals surface area contributed by atoms with E-state index in [1.54, 1.807) is 0 Å². The lowest BCUT2D eigenvalue weighted by Crippen LogP contribution is -2.58. The molecule has 0 aliphatic carbocycles. The molecule has 2 rings (SSSR count). The van der Waals surface area contributed by atoms with E-state index in [0.717, 1.165) is 39.1 Å². The van der Waals surface area contributed by atoms with E-state index >= 15 is 0 Å². The molecule has 1 unspecified atom stereocenters. The zero-order valence-electron chi connectivity index (χ0n) is 11.3. The number of aliphatic hydroxyl groups excluding tert-OH is 2. The maximum absolute atomic E-state index is 9.43. The summed E-state index contributed by atoms with van der Waals surface area (Å²) in [5, 5.41) is 18.7. The molecule has 0 aromatic rings. The van der Waals surface area contributed by atoms with Gasteiger partial charge in [0.05, 0.1) is 31.8 Å². The van der Waals surface area contributed by atoms with Crippen LogP contribution in [0.5, 0.6) is 0 Å². The first-order chi connectivity index (χ1) is 8.73. The van der Waals surface area contributed by atoms with Gasteiger partial charge in [0.25, 0.3) is 0 Å². The van der Waals surface area contributed by atoms with Crippen molar-refractivity contribution >= 4 is 0 Å². The van der Waals surface area contributed by atoms with Crippen LogP contribution in [0.3, 0.4) is 0 Å². The Labute approximate surface area is 109 Å². The summed E-state index contributed by atoms with van der Waals surface area (Å²) in [5.74, 6) is 0. The number of nitrogens with zero attached hydrogens (tertiary/aromatic N) is 2. The van der Waals surface area contributed by atoms with Gasteiger partial charge in [0.15, 0.2) is 0 Å². The summed E-state index contributed by atoms with van der Waals surface area (Å²) in [7, 11) is 0. The van der Waals surface area contributed by atoms with E-state index in [1.807, 2.05) is 0 Å². The Morgan fingerprint density at radius 1 is 1.17 bits per heavy atom. The Kier molecular flexibility index (Phi) is 4.98. The number of rotatable bonds is 6. The third-order valence-electron chi connectivity index (χ3n) is 4.32. The molecular formula is C13H26N2O3. The van der Waals surface area contributed by atoms with Crippen LogP contribution in [0.1, 0.15) is 13.3 Å². The van der Waals surface area contributed by atoms with Crippen LogP contribution in [0, 0.1) is 5.41 Å². The van der Waals surface area contributed by atoms with E-state index in [4.69, 9.17) is 4.74 Å². The lowest BCUT2D eigenvalue weighted by Gasteiger charge is -2.46. The second kappa shape index (κ2) is 6.30. The molecule has 5 heteroatoms. The molecule has 2 fully saturated rings. The van der Waals surface area contributed by atoms with Gasteiger partial charge in [0.1, 0.15) is 0 Å². The highest BCUT2D eigenvalue weighted by atomic mass is 16.5. The Hall–Kier alpha value is -0.200. The summed E-state index contributed by atoms with van der Waals surface area (Å²) in [6.45, 7) is 9.01. The third kappa shape index (κ3) is 3.03. The Balaban J connectivity index is 1.76. The third-order valence-corrected chi connectivity index (χ3v) is 4.32. The molecular weight excluding hydrogens is 232 g/mol. The van der Waals surface area contributed by atoms with Crippen LogP contribution in [-0.4, -0.2) is 85.2 Å². The fourth-order valence-corrected chi connectivity index (χ4v) is 2.89. The van der Waals surface area contributed by atoms with Gasteiger partial charge in [-0.05, 0) is 6.42 Å². The normalized spacial score (nSPS) is 26.8. The molecule has 2 aliphatic rings. The zero-order valence-corrected chi connectivity index (χ0v) is 11.3. The van der Waals surface area contributed by atoms with Crippen molar-refractivity contribution in [1.82, 2.24) is 9.80 Å². The quantitative estimate of drug-likeness (QED) is 0.665. The maximum atomic E-state index is 9.43. The van der Waals surface area contributed by atoms with Gasteiger partial charge in [-0.2, -0.15) is 0 Å². The summed E-state index contributed by atoms with van der Waals surface area (Å²) in [4.78, 5) is 4.79. The Morgan fingerprint density at radius 2 is 1.83 bits per heavy atom. The molecule has 0 spiro atoms. The first-order valence-corrected chi connectivity index (χ1v) is 6.99. The SMILES string of the molecule is CCC(CO)N1CCN(CC2(CO)COC2)CC1. The Morgan fingerprint density at radius 3 is 2.22 bits per heavy atom. The van der Waals surface area contributed by atoms with Crippen LogP contribution in [0.2, 0.25) is 0 Å². The van der Waals surface area contributed by atoms with Crippen LogP contribution in [0.15, 0.2) is 0 Å². The van der Waals surface area contributed by atoms with Gasteiger partial charge in [-0.1, -0.05) is 6.92 Å². The number of hydrogen-bond donors (Lipinski definition) is 2. The number of aliphatic hydroxyl groups is 2. The summed E-state index contributed by atoms with van der Waals surface area (Å²) in [5.41, 5.74) is -0.0106. The molecule has 5 nitrogen and oxygen atoms in total. The minimum atomic E-state index is -0.0106. The second-order valence-electron chi connectivity index (χ2n) is 5.71. The highest BCUT2D eigenvalue weighted by Crippen LogP contribution is 2.28. The molecule has 0 aromatic carbocycles. The van der Waals surface area contributed by atoms with Gasteiger partial charge in [0, 0.05) is 38.8 Å². The van der Waals surface area contributed by atoms with Crippen molar-refractivity contribution in [2.24, 2.45) is 5.41 Å². The van der Waals surface area contributed by atoms with Crippen LogP contribution < -0.4 is 0 Å². The number of hydrogen-bond acceptors (Lipinski definition) is 5. The molecule has 2 saturated heterocycles. The standard InChI is InChI=1S/C13H26N2O3/c1-2-12(7-16)15-5-3-14(4-6-15)8-13(9-17)10-18-11-13/h12,16-17H,2-11H2,1H3. The monoisotopic (exact) mass is 258 g/mol. The summed E-state index contributed by atoms with van der Waals surface area (Å²) < 4.78 is 5.23. The van der Waals surface area contributed by atoms with Gasteiger partial charge in [-0.15, -0.1) is 0 Å². The van der Waals surface area contributed by atoms with Gasteiger partial charge >= 0.3 is 0 Å². The first kappa shape index (κ1) is 14.2. The maximum Gasteiger partial charge on any atom is 0.0586 e. The van der Waals surface area contributed by atoms with E-state index in [1.165, 1.54) is 0 Å². The molecule has 0 radical (unpaired) electrons. The number of ether oxygens (including phenoxy) is 1. The van der Waals surface area contributed by atoms with E-state index in [-0.39, 0.29) is 18.6 Å². The van der Waals surface area contributed by atoms with Gasteiger partial charge in [0.2, 0.25) is 0 Å². The van der Waals surface area contributed by atoms with Crippen LogP contribution in [0.25, 0.3) is 0 Å². The minimum Gasteiger partial charge on any atom is -0.396 e. The molecule has 2 N–H and O–H groups in total. The second-order valence-corrected chi connectivity index (χ2v) is 5.71. The van der Waals surface area contributed by atoms with E-state index in [9.17, 15) is 10.2 Å². The predicted octanol–water partition coefficient (Wildman–Crippen LogP) is -0.616. The van der Waals surface area contributed by atoms with Crippen molar-refractivity contribution in [3.8, 4) is 0 Å². The minimum absolute atomic E-state index is 0.0106. The van der Waals surface area contributed by atoms with Crippen molar-refractivity contribution < 1.29 is 14.9 Å². The van der Waals surface area contributed by atoms with Crippen molar-refractivity contribution in [3.63, 3.8) is 0 Å². The van der Waals surface area contributed by atoms with Crippen molar-refractivity contribution in [2.45, 2.75) is 19.4 Å². The highest BCUT2D eigenvalue weighted by Gasteiger charge is 2.40. The van der Waals surface area contributed by atoms with Gasteiger partial charge < -0.3 is 14.9 Å². The Bertz CT molecular complexity index is 241. The van der Waals surface area contributed by atoms with Crippen molar-refractivity contribution in [2.75, 3.05) is 59.2 Å². The molecule has 106 valence electrons. The molecule has 0 amide bonds. The van der Waals surface area contributed by atoms with Crippen LogP contribution in [0.4, 0.5) is 0 Å². The largest absolute Gasteiger partial charge is 0.396 e. The molecule has 0 saturated carbocycles. The van der Waals surface area contributed by atoms with Crippen LogP contribution in [-0.2, 0) is 4.74 Å². The highest BCUT2D eigenvalue weighted by molar-refractivity contribution is 4.90. The van der Waals surface area contributed by atoms with Gasteiger partial charge in [-0.25, -0.2) is 0 Å². The van der Waals surface area contributed by atoms with Crippen molar-refractivity contribution in [3.05, 3.63) is 0 Å². The molecule has 2 heterocycles. The number of piperazine rings is 1. The molecule has 18 heavy (non-hydrogen) atoms. The zero-order chi connectivity index (χ0) is 13.0. The molecule has 1 atom stereocenters. The molecule has 0 bridgehead atoms. The average molecular weight is 258 g/mol. The lowest BCUT2D eigenvalue weighted by atomic mass is 9.86. The van der Waals surface area contributed by atoms with Gasteiger partial charge in [-0.3, -0.25) is 9.80 Å².